The van der Waals surface area contributed by atoms with E-state index in [4.69, 9.17) is 40.0 Å². The Morgan fingerprint density at radius 2 is 1.36 bits per heavy atom. The van der Waals surface area contributed by atoms with E-state index >= 15 is 0 Å². The number of benzene rings is 1. The van der Waals surface area contributed by atoms with Gasteiger partial charge in [0, 0.05) is 18.6 Å². The molecule has 0 atom stereocenters. The lowest BCUT2D eigenvalue weighted by Gasteiger charge is -2.12. The zero-order chi connectivity index (χ0) is 24.2. The normalized spacial score (nSPS) is 10.8. The number of carbonyl (C=O) groups is 1. The van der Waals surface area contributed by atoms with Gasteiger partial charge in [-0.25, -0.2) is 0 Å². The van der Waals surface area contributed by atoms with E-state index in [-0.39, 0.29) is 36.0 Å². The molecule has 0 saturated carbocycles. The fourth-order valence-corrected chi connectivity index (χ4v) is 2.90. The summed E-state index contributed by atoms with van der Waals surface area (Å²) in [6.07, 6.45) is 4.79. The Morgan fingerprint density at radius 3 is 1.88 bits per heavy atom. The summed E-state index contributed by atoms with van der Waals surface area (Å²) in [4.78, 5) is 21.4. The fraction of sp³-hybridized carbons (Fsp3) is 0.682. The van der Waals surface area contributed by atoms with Crippen LogP contribution in [0.1, 0.15) is 36.0 Å². The van der Waals surface area contributed by atoms with Crippen LogP contribution in [0.4, 0.5) is 5.69 Å². The van der Waals surface area contributed by atoms with Crippen LogP contribution in [0.2, 0.25) is 0 Å². The van der Waals surface area contributed by atoms with Gasteiger partial charge in [-0.2, -0.15) is 0 Å². The van der Waals surface area contributed by atoms with Gasteiger partial charge in [0.1, 0.15) is 6.61 Å². The summed E-state index contributed by atoms with van der Waals surface area (Å²) in [5, 5.41) is 11.1. The van der Waals surface area contributed by atoms with Gasteiger partial charge in [-0.15, -0.1) is 11.6 Å². The number of hydrogen-bond donors (Lipinski definition) is 0. The Balaban J connectivity index is 2.01. The van der Waals surface area contributed by atoms with Crippen LogP contribution in [0, 0.1) is 10.1 Å². The Morgan fingerprint density at radius 1 is 0.818 bits per heavy atom. The summed E-state index contributed by atoms with van der Waals surface area (Å²) < 4.78 is 32.4. The minimum Gasteiger partial charge on any atom is -0.493 e. The predicted octanol–water partition coefficient (Wildman–Crippen LogP) is 3.66. The number of halogens is 1. The zero-order valence-corrected chi connectivity index (χ0v) is 19.9. The van der Waals surface area contributed by atoms with Crippen molar-refractivity contribution in [2.75, 3.05) is 72.5 Å². The molecular formula is C22H34ClNO9. The molecule has 1 aromatic carbocycles. The third-order valence-electron chi connectivity index (χ3n) is 4.41. The lowest BCUT2D eigenvalue weighted by atomic mass is 10.1. The van der Waals surface area contributed by atoms with Gasteiger partial charge in [0.15, 0.2) is 17.8 Å². The molecule has 11 heteroatoms. The van der Waals surface area contributed by atoms with E-state index in [0.29, 0.717) is 45.9 Å². The molecule has 0 aromatic heterocycles. The van der Waals surface area contributed by atoms with Crippen molar-refractivity contribution in [3.05, 3.63) is 27.8 Å². The summed E-state index contributed by atoms with van der Waals surface area (Å²) in [5.41, 5.74) is -0.426. The van der Waals surface area contributed by atoms with Gasteiger partial charge in [-0.05, 0) is 12.8 Å². The Labute approximate surface area is 199 Å². The largest absolute Gasteiger partial charge is 0.493 e. The van der Waals surface area contributed by atoms with Crippen molar-refractivity contribution in [2.24, 2.45) is 0 Å². The average molecular weight is 492 g/mol. The summed E-state index contributed by atoms with van der Waals surface area (Å²) in [7, 11) is 1.39. The summed E-state index contributed by atoms with van der Waals surface area (Å²) >= 11 is 5.62. The Hall–Kier alpha value is -1.98. The summed E-state index contributed by atoms with van der Waals surface area (Å²) in [5.74, 6) is 1.13. The van der Waals surface area contributed by atoms with Crippen LogP contribution in [-0.2, 0) is 18.9 Å². The average Bonchev–Trinajstić information content (AvgIpc) is 2.82. The first-order chi connectivity index (χ1) is 16.1. The number of methoxy groups -OCH3 is 1. The molecule has 1 rings (SSSR count). The second-order valence-electron chi connectivity index (χ2n) is 6.84. The lowest BCUT2D eigenvalue weighted by Crippen LogP contribution is -2.14. The molecule has 0 fully saturated rings. The number of aldehydes is 1. The molecule has 0 heterocycles. The van der Waals surface area contributed by atoms with Crippen LogP contribution < -0.4 is 9.47 Å². The van der Waals surface area contributed by atoms with E-state index < -0.39 is 4.92 Å². The van der Waals surface area contributed by atoms with Gasteiger partial charge >= 0.3 is 0 Å². The number of alkyl halides is 1. The number of unbranched alkanes of at least 4 members (excludes halogenated alkanes) is 3. The number of nitrogens with zero attached hydrogens (tertiary/aromatic N) is 1. The van der Waals surface area contributed by atoms with Crippen LogP contribution in [0.15, 0.2) is 12.1 Å². The topological polar surface area (TPSA) is 116 Å². The highest BCUT2D eigenvalue weighted by Gasteiger charge is 2.19. The number of nitro benzene ring substituents is 1. The minimum absolute atomic E-state index is 0.0806. The number of rotatable bonds is 22. The van der Waals surface area contributed by atoms with Crippen molar-refractivity contribution < 1.29 is 38.1 Å². The maximum absolute atomic E-state index is 11.1. The first-order valence-corrected chi connectivity index (χ1v) is 11.5. The van der Waals surface area contributed by atoms with Crippen molar-refractivity contribution in [1.29, 1.82) is 0 Å². The van der Waals surface area contributed by atoms with Gasteiger partial charge in [0.05, 0.1) is 69.9 Å². The molecule has 33 heavy (non-hydrogen) atoms. The number of nitro groups is 1. The SMILES string of the molecule is COc1cc(C=O)c([N+](=O)[O-])cc1OCCOCCOCCOCCOCCCCCCCl. The van der Waals surface area contributed by atoms with Gasteiger partial charge in [0.2, 0.25) is 0 Å². The Bertz CT molecular complexity index is 676. The predicted molar refractivity (Wildman–Crippen MR) is 123 cm³/mol. The molecule has 188 valence electrons. The maximum Gasteiger partial charge on any atom is 0.283 e. The molecule has 0 spiro atoms. The number of hydrogen-bond acceptors (Lipinski definition) is 9. The molecule has 1 aromatic rings. The quantitative estimate of drug-likeness (QED) is 0.0787. The van der Waals surface area contributed by atoms with Crippen LogP contribution in [-0.4, -0.2) is 83.7 Å². The highest BCUT2D eigenvalue weighted by Crippen LogP contribution is 2.33. The van der Waals surface area contributed by atoms with Crippen molar-refractivity contribution >= 4 is 23.6 Å². The molecule has 0 aliphatic heterocycles. The highest BCUT2D eigenvalue weighted by molar-refractivity contribution is 6.17. The standard InChI is InChI=1S/C22H34ClNO9/c1-28-21-16-19(18-25)20(24(26)27)17-22(21)33-15-14-32-13-12-31-11-10-30-9-8-29-7-5-3-2-4-6-23/h16-18H,2-15H2,1H3. The second-order valence-corrected chi connectivity index (χ2v) is 7.22. The highest BCUT2D eigenvalue weighted by atomic mass is 35.5. The summed E-state index contributed by atoms with van der Waals surface area (Å²) in [6, 6.07) is 2.44. The molecule has 0 bridgehead atoms. The van der Waals surface area contributed by atoms with Crippen molar-refractivity contribution in [3.8, 4) is 11.5 Å². The third-order valence-corrected chi connectivity index (χ3v) is 4.68. The van der Waals surface area contributed by atoms with Crippen LogP contribution in [0.5, 0.6) is 11.5 Å². The number of ether oxygens (including phenoxy) is 6. The molecular weight excluding hydrogens is 458 g/mol. The summed E-state index contributed by atoms with van der Waals surface area (Å²) in [6.45, 7) is 4.00. The van der Waals surface area contributed by atoms with E-state index in [1.807, 2.05) is 0 Å². The van der Waals surface area contributed by atoms with Crippen LogP contribution in [0.3, 0.4) is 0 Å². The molecule has 0 aliphatic rings. The monoisotopic (exact) mass is 491 g/mol. The first kappa shape index (κ1) is 29.1. The zero-order valence-electron chi connectivity index (χ0n) is 19.1. The van der Waals surface area contributed by atoms with E-state index in [0.717, 1.165) is 38.2 Å². The van der Waals surface area contributed by atoms with E-state index in [2.05, 4.69) is 0 Å². The second kappa shape index (κ2) is 19.5. The van der Waals surface area contributed by atoms with Crippen molar-refractivity contribution in [2.45, 2.75) is 25.7 Å². The fourth-order valence-electron chi connectivity index (χ4n) is 2.71. The van der Waals surface area contributed by atoms with E-state index in [1.54, 1.807) is 0 Å². The third kappa shape index (κ3) is 13.3. The van der Waals surface area contributed by atoms with Crippen LogP contribution in [0.25, 0.3) is 0 Å². The van der Waals surface area contributed by atoms with E-state index in [1.165, 1.54) is 19.2 Å². The maximum atomic E-state index is 11.1. The van der Waals surface area contributed by atoms with Crippen molar-refractivity contribution in [1.82, 2.24) is 0 Å². The minimum atomic E-state index is -0.646. The molecule has 0 unspecified atom stereocenters. The molecule has 0 aliphatic carbocycles. The Kier molecular flexibility index (Phi) is 17.2. The molecule has 0 radical (unpaired) electrons. The number of carbonyl (C=O) groups excluding carboxylic acids is 1. The van der Waals surface area contributed by atoms with Crippen LogP contribution >= 0.6 is 11.6 Å². The van der Waals surface area contributed by atoms with Gasteiger partial charge < -0.3 is 28.4 Å². The molecule has 0 N–H and O–H groups in total. The van der Waals surface area contributed by atoms with E-state index in [9.17, 15) is 14.9 Å². The van der Waals surface area contributed by atoms with Crippen molar-refractivity contribution in [3.63, 3.8) is 0 Å². The molecule has 0 amide bonds. The molecule has 10 nitrogen and oxygen atoms in total. The molecule has 0 saturated heterocycles. The van der Waals surface area contributed by atoms with Gasteiger partial charge in [-0.3, -0.25) is 14.9 Å². The smallest absolute Gasteiger partial charge is 0.283 e. The lowest BCUT2D eigenvalue weighted by molar-refractivity contribution is -0.385. The first-order valence-electron chi connectivity index (χ1n) is 10.9. The van der Waals surface area contributed by atoms with Gasteiger partial charge in [0.25, 0.3) is 5.69 Å². The van der Waals surface area contributed by atoms with Gasteiger partial charge in [-0.1, -0.05) is 12.8 Å².